The van der Waals surface area contributed by atoms with Crippen LogP contribution in [0.15, 0.2) is 51.4 Å². The second-order valence-corrected chi connectivity index (χ2v) is 5.50. The van der Waals surface area contributed by atoms with Crippen molar-refractivity contribution in [2.45, 2.75) is 5.88 Å². The van der Waals surface area contributed by atoms with Crippen LogP contribution in [0, 0.1) is 0 Å². The van der Waals surface area contributed by atoms with Gasteiger partial charge < -0.3 is 4.74 Å². The van der Waals surface area contributed by atoms with Crippen LogP contribution >= 0.6 is 43.5 Å². The molecule has 17 heavy (non-hydrogen) atoms. The molecule has 0 atom stereocenters. The largest absolute Gasteiger partial charge is 0.456 e. The first kappa shape index (κ1) is 12.9. The van der Waals surface area contributed by atoms with Gasteiger partial charge in [0.25, 0.3) is 0 Å². The Morgan fingerprint density at radius 1 is 1.06 bits per heavy atom. The van der Waals surface area contributed by atoms with E-state index in [2.05, 4.69) is 31.9 Å². The first-order valence-electron chi connectivity index (χ1n) is 4.97. The molecular formula is C13H9Br2ClO. The number of hydrogen-bond donors (Lipinski definition) is 0. The van der Waals surface area contributed by atoms with Gasteiger partial charge in [0.15, 0.2) is 0 Å². The SMILES string of the molecule is ClCc1ccc(Oc2cccc(Br)c2)c(Br)c1. The van der Waals surface area contributed by atoms with Crippen molar-refractivity contribution in [2.75, 3.05) is 0 Å². The third kappa shape index (κ3) is 3.47. The van der Waals surface area contributed by atoms with E-state index in [9.17, 15) is 0 Å². The van der Waals surface area contributed by atoms with Crippen LogP contribution in [0.1, 0.15) is 5.56 Å². The summed E-state index contributed by atoms with van der Waals surface area (Å²) in [7, 11) is 0. The van der Waals surface area contributed by atoms with Crippen molar-refractivity contribution in [1.82, 2.24) is 0 Å². The molecule has 0 aliphatic heterocycles. The summed E-state index contributed by atoms with van der Waals surface area (Å²) in [6, 6.07) is 13.5. The second-order valence-electron chi connectivity index (χ2n) is 3.46. The van der Waals surface area contributed by atoms with Crippen LogP contribution in [-0.2, 0) is 5.88 Å². The third-order valence-corrected chi connectivity index (χ3v) is 3.60. The van der Waals surface area contributed by atoms with Crippen LogP contribution in [0.3, 0.4) is 0 Å². The summed E-state index contributed by atoms with van der Waals surface area (Å²) in [6.45, 7) is 0. The Balaban J connectivity index is 2.24. The summed E-state index contributed by atoms with van der Waals surface area (Å²) in [5.41, 5.74) is 1.06. The molecule has 0 bridgehead atoms. The van der Waals surface area contributed by atoms with Gasteiger partial charge in [-0.05, 0) is 51.8 Å². The fraction of sp³-hybridized carbons (Fsp3) is 0.0769. The number of hydrogen-bond acceptors (Lipinski definition) is 1. The molecule has 0 N–H and O–H groups in total. The molecule has 0 fully saturated rings. The zero-order chi connectivity index (χ0) is 12.3. The van der Waals surface area contributed by atoms with Gasteiger partial charge in [-0.1, -0.05) is 28.1 Å². The van der Waals surface area contributed by atoms with Crippen LogP contribution < -0.4 is 4.74 Å². The van der Waals surface area contributed by atoms with Gasteiger partial charge in [-0.3, -0.25) is 0 Å². The second kappa shape index (κ2) is 5.89. The molecule has 2 aromatic rings. The Bertz CT molecular complexity index is 529. The molecule has 1 nitrogen and oxygen atoms in total. The van der Waals surface area contributed by atoms with Gasteiger partial charge in [-0.25, -0.2) is 0 Å². The van der Waals surface area contributed by atoms with Crippen LogP contribution in [0.2, 0.25) is 0 Å². The maximum Gasteiger partial charge on any atom is 0.141 e. The van der Waals surface area contributed by atoms with Crippen LogP contribution in [0.5, 0.6) is 11.5 Å². The van der Waals surface area contributed by atoms with Gasteiger partial charge in [-0.2, -0.15) is 0 Å². The minimum atomic E-state index is 0.496. The quantitative estimate of drug-likeness (QED) is 0.621. The molecule has 88 valence electrons. The number of ether oxygens (including phenoxy) is 1. The minimum Gasteiger partial charge on any atom is -0.456 e. The van der Waals surface area contributed by atoms with Crippen molar-refractivity contribution in [3.63, 3.8) is 0 Å². The van der Waals surface area contributed by atoms with Gasteiger partial charge >= 0.3 is 0 Å². The van der Waals surface area contributed by atoms with Crippen LogP contribution in [0.4, 0.5) is 0 Å². The standard InChI is InChI=1S/C13H9Br2ClO/c14-10-2-1-3-11(7-10)17-13-5-4-9(8-16)6-12(13)15/h1-7H,8H2. The smallest absolute Gasteiger partial charge is 0.141 e. The highest BCUT2D eigenvalue weighted by Gasteiger charge is 2.04. The summed E-state index contributed by atoms with van der Waals surface area (Å²) < 4.78 is 7.66. The highest BCUT2D eigenvalue weighted by atomic mass is 79.9. The molecule has 0 aliphatic rings. The van der Waals surface area contributed by atoms with Gasteiger partial charge in [0.1, 0.15) is 11.5 Å². The highest BCUT2D eigenvalue weighted by Crippen LogP contribution is 2.31. The van der Waals surface area contributed by atoms with Crippen molar-refractivity contribution in [3.8, 4) is 11.5 Å². The van der Waals surface area contributed by atoms with Crippen molar-refractivity contribution in [2.24, 2.45) is 0 Å². The Labute approximate surface area is 122 Å². The van der Waals surface area contributed by atoms with E-state index >= 15 is 0 Å². The predicted molar refractivity (Wildman–Crippen MR) is 77.9 cm³/mol. The lowest BCUT2D eigenvalue weighted by molar-refractivity contribution is 0.479. The van der Waals surface area contributed by atoms with Gasteiger partial charge in [0, 0.05) is 10.4 Å². The van der Waals surface area contributed by atoms with Crippen LogP contribution in [-0.4, -0.2) is 0 Å². The minimum absolute atomic E-state index is 0.496. The van der Waals surface area contributed by atoms with Crippen molar-refractivity contribution in [1.29, 1.82) is 0 Å². The number of alkyl halides is 1. The molecule has 0 saturated heterocycles. The lowest BCUT2D eigenvalue weighted by atomic mass is 10.2. The van der Waals surface area contributed by atoms with E-state index in [1.165, 1.54) is 0 Å². The summed E-state index contributed by atoms with van der Waals surface area (Å²) in [5.74, 6) is 2.06. The number of rotatable bonds is 3. The third-order valence-electron chi connectivity index (χ3n) is 2.17. The summed E-state index contributed by atoms with van der Waals surface area (Å²) in [4.78, 5) is 0. The predicted octanol–water partition coefficient (Wildman–Crippen LogP) is 5.74. The van der Waals surface area contributed by atoms with E-state index < -0.39 is 0 Å². The topological polar surface area (TPSA) is 9.23 Å². The molecule has 0 saturated carbocycles. The molecule has 0 spiro atoms. The van der Waals surface area contributed by atoms with E-state index in [4.69, 9.17) is 16.3 Å². The molecule has 4 heteroatoms. The summed E-state index contributed by atoms with van der Waals surface area (Å²) in [5, 5.41) is 0. The Morgan fingerprint density at radius 2 is 1.88 bits per heavy atom. The molecule has 0 heterocycles. The molecule has 0 radical (unpaired) electrons. The van der Waals surface area contributed by atoms with Crippen molar-refractivity contribution < 1.29 is 4.74 Å². The average Bonchev–Trinajstić information content (AvgIpc) is 2.32. The number of benzene rings is 2. The first-order chi connectivity index (χ1) is 8.19. The van der Waals surface area contributed by atoms with E-state index in [1.807, 2.05) is 42.5 Å². The lowest BCUT2D eigenvalue weighted by Crippen LogP contribution is -1.87. The Morgan fingerprint density at radius 3 is 2.53 bits per heavy atom. The first-order valence-corrected chi connectivity index (χ1v) is 7.09. The fourth-order valence-electron chi connectivity index (χ4n) is 1.37. The van der Waals surface area contributed by atoms with Gasteiger partial charge in [0.2, 0.25) is 0 Å². The van der Waals surface area contributed by atoms with E-state index in [-0.39, 0.29) is 0 Å². The normalized spacial score (nSPS) is 10.3. The summed E-state index contributed by atoms with van der Waals surface area (Å²) in [6.07, 6.45) is 0. The van der Waals surface area contributed by atoms with Crippen LogP contribution in [0.25, 0.3) is 0 Å². The summed E-state index contributed by atoms with van der Waals surface area (Å²) >= 11 is 12.6. The highest BCUT2D eigenvalue weighted by molar-refractivity contribution is 9.10. The zero-order valence-electron chi connectivity index (χ0n) is 8.79. The molecule has 2 aromatic carbocycles. The van der Waals surface area contributed by atoms with E-state index in [1.54, 1.807) is 0 Å². The monoisotopic (exact) mass is 374 g/mol. The van der Waals surface area contributed by atoms with E-state index in [0.717, 1.165) is 26.0 Å². The molecular weight excluding hydrogens is 367 g/mol. The van der Waals surface area contributed by atoms with Gasteiger partial charge in [-0.15, -0.1) is 11.6 Å². The molecule has 0 amide bonds. The molecule has 0 aromatic heterocycles. The Kier molecular flexibility index (Phi) is 4.48. The maximum absolute atomic E-state index is 5.77. The fourth-order valence-corrected chi connectivity index (χ4v) is 2.42. The Hall–Kier alpha value is -0.510. The average molecular weight is 376 g/mol. The zero-order valence-corrected chi connectivity index (χ0v) is 12.7. The van der Waals surface area contributed by atoms with Gasteiger partial charge in [0.05, 0.1) is 4.47 Å². The van der Waals surface area contributed by atoms with E-state index in [0.29, 0.717) is 5.88 Å². The molecule has 0 unspecified atom stereocenters. The lowest BCUT2D eigenvalue weighted by Gasteiger charge is -2.08. The molecule has 0 aliphatic carbocycles. The maximum atomic E-state index is 5.77. The molecule has 2 rings (SSSR count). The van der Waals surface area contributed by atoms with Crippen molar-refractivity contribution in [3.05, 3.63) is 57.0 Å². The number of halogens is 3. The van der Waals surface area contributed by atoms with Crippen molar-refractivity contribution >= 4 is 43.5 Å².